The zero-order valence-corrected chi connectivity index (χ0v) is 17.2. The SMILES string of the molecule is CC(C)[C@@H](OC(=O)C[C@H]1Sc2ccccc2NC1=O)C(=O)NCc1ccccc1. The number of hydrogen-bond acceptors (Lipinski definition) is 5. The zero-order chi connectivity index (χ0) is 20.8. The van der Waals surface area contributed by atoms with Crippen LogP contribution >= 0.6 is 11.8 Å². The Labute approximate surface area is 174 Å². The normalized spacial score (nSPS) is 16.5. The van der Waals surface area contributed by atoms with Crippen LogP contribution in [-0.4, -0.2) is 29.1 Å². The third-order valence-electron chi connectivity index (χ3n) is 4.49. The first-order chi connectivity index (χ1) is 13.9. The van der Waals surface area contributed by atoms with Crippen LogP contribution in [0.25, 0.3) is 0 Å². The number of rotatable bonds is 7. The summed E-state index contributed by atoms with van der Waals surface area (Å²) in [5, 5.41) is 5.03. The Morgan fingerprint density at radius 1 is 1.10 bits per heavy atom. The molecular weight excluding hydrogens is 388 g/mol. The molecule has 2 aromatic carbocycles. The van der Waals surface area contributed by atoms with Crippen molar-refractivity contribution < 1.29 is 19.1 Å². The van der Waals surface area contributed by atoms with Crippen molar-refractivity contribution in [2.75, 3.05) is 5.32 Å². The van der Waals surface area contributed by atoms with Gasteiger partial charge in [-0.3, -0.25) is 14.4 Å². The molecule has 1 aliphatic heterocycles. The van der Waals surface area contributed by atoms with Gasteiger partial charge in [0, 0.05) is 11.4 Å². The molecule has 1 aliphatic rings. The number of thioether (sulfide) groups is 1. The van der Waals surface area contributed by atoms with Gasteiger partial charge < -0.3 is 15.4 Å². The first-order valence-corrected chi connectivity index (χ1v) is 10.4. The van der Waals surface area contributed by atoms with Crippen LogP contribution in [-0.2, 0) is 25.7 Å². The first kappa shape index (κ1) is 20.9. The van der Waals surface area contributed by atoms with E-state index >= 15 is 0 Å². The van der Waals surface area contributed by atoms with Gasteiger partial charge in [0.2, 0.25) is 5.91 Å². The predicted octanol–water partition coefficient (Wildman–Crippen LogP) is 3.37. The summed E-state index contributed by atoms with van der Waals surface area (Å²) in [7, 11) is 0. The second-order valence-corrected chi connectivity index (χ2v) is 8.40. The number of hydrogen-bond donors (Lipinski definition) is 2. The number of ether oxygens (including phenoxy) is 1. The highest BCUT2D eigenvalue weighted by atomic mass is 32.2. The number of nitrogens with one attached hydrogen (secondary N) is 2. The molecule has 3 rings (SSSR count). The Hall–Kier alpha value is -2.80. The predicted molar refractivity (Wildman–Crippen MR) is 112 cm³/mol. The lowest BCUT2D eigenvalue weighted by molar-refractivity contribution is -0.159. The highest BCUT2D eigenvalue weighted by Gasteiger charge is 2.32. The van der Waals surface area contributed by atoms with E-state index in [0.717, 1.165) is 16.1 Å². The fourth-order valence-corrected chi connectivity index (χ4v) is 4.04. The van der Waals surface area contributed by atoms with Crippen LogP contribution in [0.5, 0.6) is 0 Å². The molecule has 0 unspecified atom stereocenters. The van der Waals surface area contributed by atoms with E-state index in [1.54, 1.807) is 0 Å². The number of fused-ring (bicyclic) bond motifs is 1. The van der Waals surface area contributed by atoms with E-state index in [-0.39, 0.29) is 24.2 Å². The summed E-state index contributed by atoms with van der Waals surface area (Å²) >= 11 is 1.33. The molecule has 2 N–H and O–H groups in total. The topological polar surface area (TPSA) is 84.5 Å². The Balaban J connectivity index is 1.57. The van der Waals surface area contributed by atoms with E-state index in [0.29, 0.717) is 6.54 Å². The van der Waals surface area contributed by atoms with Gasteiger partial charge in [0.05, 0.1) is 17.4 Å². The minimum Gasteiger partial charge on any atom is -0.452 e. The maximum Gasteiger partial charge on any atom is 0.308 e. The maximum absolute atomic E-state index is 12.5. The standard InChI is InChI=1S/C22H24N2O4S/c1-14(2)20(22(27)23-13-15-8-4-3-5-9-15)28-19(25)12-18-21(26)24-16-10-6-7-11-17(16)29-18/h3-11,14,18,20H,12-13H2,1-2H3,(H,23,27)(H,24,26)/t18-,20-/m1/s1. The quantitative estimate of drug-likeness (QED) is 0.681. The van der Waals surface area contributed by atoms with Crippen molar-refractivity contribution in [3.8, 4) is 0 Å². The third kappa shape index (κ3) is 5.60. The molecular formula is C22H24N2O4S. The molecule has 0 bridgehead atoms. The maximum atomic E-state index is 12.5. The molecule has 2 amide bonds. The molecule has 0 aromatic heterocycles. The molecule has 2 atom stereocenters. The summed E-state index contributed by atoms with van der Waals surface area (Å²) in [6.45, 7) is 3.99. The summed E-state index contributed by atoms with van der Waals surface area (Å²) < 4.78 is 5.46. The molecule has 0 fully saturated rings. The van der Waals surface area contributed by atoms with E-state index in [4.69, 9.17) is 4.74 Å². The lowest BCUT2D eigenvalue weighted by Crippen LogP contribution is -2.41. The minimum atomic E-state index is -0.907. The van der Waals surface area contributed by atoms with Crippen molar-refractivity contribution in [3.63, 3.8) is 0 Å². The van der Waals surface area contributed by atoms with E-state index < -0.39 is 17.3 Å². The van der Waals surface area contributed by atoms with Crippen molar-refractivity contribution in [3.05, 3.63) is 60.2 Å². The summed E-state index contributed by atoms with van der Waals surface area (Å²) in [6.07, 6.45) is -1.00. The average molecular weight is 413 g/mol. The van der Waals surface area contributed by atoms with E-state index in [1.165, 1.54) is 11.8 Å². The van der Waals surface area contributed by atoms with Gasteiger partial charge in [0.1, 0.15) is 0 Å². The number of benzene rings is 2. The number of para-hydroxylation sites is 1. The Kier molecular flexibility index (Phi) is 6.93. The van der Waals surface area contributed by atoms with Crippen LogP contribution in [0.4, 0.5) is 5.69 Å². The molecule has 0 saturated heterocycles. The second-order valence-electron chi connectivity index (χ2n) is 7.15. The lowest BCUT2D eigenvalue weighted by atomic mass is 10.1. The van der Waals surface area contributed by atoms with Crippen LogP contribution in [0, 0.1) is 5.92 Å². The van der Waals surface area contributed by atoms with Crippen molar-refractivity contribution in [1.82, 2.24) is 5.32 Å². The van der Waals surface area contributed by atoms with Gasteiger partial charge in [-0.15, -0.1) is 11.8 Å². The van der Waals surface area contributed by atoms with E-state index in [9.17, 15) is 14.4 Å². The van der Waals surface area contributed by atoms with Crippen molar-refractivity contribution in [2.24, 2.45) is 5.92 Å². The Morgan fingerprint density at radius 3 is 2.52 bits per heavy atom. The molecule has 0 spiro atoms. The van der Waals surface area contributed by atoms with Crippen molar-refractivity contribution >= 4 is 35.2 Å². The fraction of sp³-hybridized carbons (Fsp3) is 0.318. The van der Waals surface area contributed by atoms with Gasteiger partial charge in [-0.1, -0.05) is 56.3 Å². The van der Waals surface area contributed by atoms with Gasteiger partial charge in [-0.2, -0.15) is 0 Å². The Morgan fingerprint density at radius 2 is 1.79 bits per heavy atom. The van der Waals surface area contributed by atoms with Crippen LogP contribution in [0.15, 0.2) is 59.5 Å². The van der Waals surface area contributed by atoms with Crippen LogP contribution in [0.1, 0.15) is 25.8 Å². The minimum absolute atomic E-state index is 0.0972. The summed E-state index contributed by atoms with van der Waals surface area (Å²) in [4.78, 5) is 38.2. The number of esters is 1. The molecule has 1 heterocycles. The average Bonchev–Trinajstić information content (AvgIpc) is 2.71. The number of amides is 2. The molecule has 0 saturated carbocycles. The van der Waals surface area contributed by atoms with Crippen molar-refractivity contribution in [1.29, 1.82) is 0 Å². The smallest absolute Gasteiger partial charge is 0.308 e. The molecule has 7 heteroatoms. The van der Waals surface area contributed by atoms with Crippen LogP contribution in [0.3, 0.4) is 0 Å². The molecule has 2 aromatic rings. The summed E-state index contributed by atoms with van der Waals surface area (Å²) in [6, 6.07) is 17.0. The second kappa shape index (κ2) is 9.60. The largest absolute Gasteiger partial charge is 0.452 e. The third-order valence-corrected chi connectivity index (χ3v) is 5.77. The van der Waals surface area contributed by atoms with Gasteiger partial charge >= 0.3 is 5.97 Å². The summed E-state index contributed by atoms with van der Waals surface area (Å²) in [5.74, 6) is -1.34. The van der Waals surface area contributed by atoms with Gasteiger partial charge in [0.25, 0.3) is 5.91 Å². The number of carbonyl (C=O) groups excluding carboxylic acids is 3. The monoisotopic (exact) mass is 412 g/mol. The fourth-order valence-electron chi connectivity index (χ4n) is 2.95. The molecule has 0 aliphatic carbocycles. The highest BCUT2D eigenvalue weighted by molar-refractivity contribution is 8.01. The lowest BCUT2D eigenvalue weighted by Gasteiger charge is -2.25. The molecule has 0 radical (unpaired) electrons. The molecule has 152 valence electrons. The number of anilines is 1. The molecule has 29 heavy (non-hydrogen) atoms. The highest BCUT2D eigenvalue weighted by Crippen LogP contribution is 2.36. The van der Waals surface area contributed by atoms with Crippen LogP contribution in [0.2, 0.25) is 0 Å². The molecule has 6 nitrogen and oxygen atoms in total. The van der Waals surface area contributed by atoms with Gasteiger partial charge in [-0.05, 0) is 23.6 Å². The van der Waals surface area contributed by atoms with Crippen molar-refractivity contribution in [2.45, 2.75) is 43.1 Å². The zero-order valence-electron chi connectivity index (χ0n) is 16.4. The van der Waals surface area contributed by atoms with E-state index in [2.05, 4.69) is 10.6 Å². The van der Waals surface area contributed by atoms with E-state index in [1.807, 2.05) is 68.4 Å². The number of carbonyl (C=O) groups is 3. The Bertz CT molecular complexity index is 885. The van der Waals surface area contributed by atoms with Gasteiger partial charge in [-0.25, -0.2) is 0 Å². The summed E-state index contributed by atoms with van der Waals surface area (Å²) in [5.41, 5.74) is 1.70. The van der Waals surface area contributed by atoms with Crippen LogP contribution < -0.4 is 10.6 Å². The first-order valence-electron chi connectivity index (χ1n) is 9.51. The van der Waals surface area contributed by atoms with Gasteiger partial charge in [0.15, 0.2) is 6.10 Å².